The van der Waals surface area contributed by atoms with Crippen molar-refractivity contribution in [1.82, 2.24) is 4.90 Å². The highest BCUT2D eigenvalue weighted by molar-refractivity contribution is 5.94. The van der Waals surface area contributed by atoms with Gasteiger partial charge in [0.1, 0.15) is 0 Å². The lowest BCUT2D eigenvalue weighted by molar-refractivity contribution is 0.0672. The average Bonchev–Trinajstić information content (AvgIpc) is 2.35. The number of likely N-dealkylation sites (tertiary alicyclic amines) is 1. The minimum absolute atomic E-state index is 0.0620. The molecule has 2 rings (SSSR count). The van der Waals surface area contributed by atoms with E-state index >= 15 is 0 Å². The number of hydrogen-bond acceptors (Lipinski definition) is 2. The maximum absolute atomic E-state index is 13.1. The third kappa shape index (κ3) is 2.51. The van der Waals surface area contributed by atoms with Crippen LogP contribution in [0.1, 0.15) is 23.7 Å². The van der Waals surface area contributed by atoms with Crippen molar-refractivity contribution in [3.63, 3.8) is 0 Å². The lowest BCUT2D eigenvalue weighted by Crippen LogP contribution is -2.49. The molecular weight excluding hydrogens is 238 g/mol. The Morgan fingerprint density at radius 3 is 2.72 bits per heavy atom. The zero-order chi connectivity index (χ0) is 13.3. The summed E-state index contributed by atoms with van der Waals surface area (Å²) >= 11 is 0. The van der Waals surface area contributed by atoms with Crippen LogP contribution in [-0.4, -0.2) is 29.9 Å². The second kappa shape index (κ2) is 5.02. The van der Waals surface area contributed by atoms with E-state index in [1.165, 1.54) is 6.07 Å². The summed E-state index contributed by atoms with van der Waals surface area (Å²) in [4.78, 5) is 13.7. The summed E-state index contributed by atoms with van der Waals surface area (Å²) in [5.41, 5.74) is 6.07. The number of hydrogen-bond donors (Lipinski definition) is 1. The topological polar surface area (TPSA) is 46.3 Å². The summed E-state index contributed by atoms with van der Waals surface area (Å²) in [6.45, 7) is 3.11. The highest BCUT2D eigenvalue weighted by Gasteiger charge is 2.27. The Morgan fingerprint density at radius 2 is 2.11 bits per heavy atom. The van der Waals surface area contributed by atoms with Crippen LogP contribution in [-0.2, 0) is 0 Å². The molecule has 1 aliphatic rings. The zero-order valence-electron chi connectivity index (χ0n) is 10.2. The van der Waals surface area contributed by atoms with Crippen LogP contribution in [0.4, 0.5) is 8.78 Å². The van der Waals surface area contributed by atoms with Gasteiger partial charge in [0, 0.05) is 24.7 Å². The van der Waals surface area contributed by atoms with Crippen molar-refractivity contribution < 1.29 is 13.6 Å². The molecule has 3 nitrogen and oxygen atoms in total. The van der Waals surface area contributed by atoms with Crippen molar-refractivity contribution in [3.8, 4) is 0 Å². The van der Waals surface area contributed by atoms with Gasteiger partial charge in [-0.05, 0) is 30.5 Å². The molecule has 0 radical (unpaired) electrons. The predicted octanol–water partition coefficient (Wildman–Crippen LogP) is 1.77. The van der Waals surface area contributed by atoms with Gasteiger partial charge in [0.25, 0.3) is 5.91 Å². The Hall–Kier alpha value is -1.49. The minimum Gasteiger partial charge on any atom is -0.337 e. The molecule has 0 bridgehead atoms. The molecule has 1 aliphatic heterocycles. The molecule has 2 atom stereocenters. The van der Waals surface area contributed by atoms with E-state index in [0.717, 1.165) is 18.6 Å². The molecular formula is C13H16F2N2O. The standard InChI is InChI=1S/C13H16F2N2O/c1-8-4-5-17(7-12(8)16)13(18)9-2-3-10(14)11(15)6-9/h2-3,6,8,12H,4-5,7,16H2,1H3. The van der Waals surface area contributed by atoms with Crippen molar-refractivity contribution in [3.05, 3.63) is 35.4 Å². The van der Waals surface area contributed by atoms with E-state index in [4.69, 9.17) is 5.73 Å². The lowest BCUT2D eigenvalue weighted by atomic mass is 9.94. The van der Waals surface area contributed by atoms with Crippen molar-refractivity contribution in [2.24, 2.45) is 11.7 Å². The molecule has 2 N–H and O–H groups in total. The van der Waals surface area contributed by atoms with Crippen LogP contribution >= 0.6 is 0 Å². The molecule has 1 aromatic carbocycles. The second-order valence-corrected chi connectivity index (χ2v) is 4.81. The fraction of sp³-hybridized carbons (Fsp3) is 0.462. The quantitative estimate of drug-likeness (QED) is 0.830. The molecule has 18 heavy (non-hydrogen) atoms. The minimum atomic E-state index is -1.00. The summed E-state index contributed by atoms with van der Waals surface area (Å²) in [7, 11) is 0. The largest absolute Gasteiger partial charge is 0.337 e. The maximum atomic E-state index is 13.1. The van der Waals surface area contributed by atoms with Crippen molar-refractivity contribution in [1.29, 1.82) is 0 Å². The number of nitrogens with zero attached hydrogens (tertiary/aromatic N) is 1. The number of amides is 1. The van der Waals surface area contributed by atoms with E-state index in [2.05, 4.69) is 0 Å². The number of piperidine rings is 1. The Bertz CT molecular complexity index is 464. The van der Waals surface area contributed by atoms with E-state index in [0.29, 0.717) is 19.0 Å². The lowest BCUT2D eigenvalue weighted by Gasteiger charge is -2.35. The molecule has 2 unspecified atom stereocenters. The summed E-state index contributed by atoms with van der Waals surface area (Å²) < 4.78 is 25.9. The van der Waals surface area contributed by atoms with Gasteiger partial charge in [-0.3, -0.25) is 4.79 Å². The first kappa shape index (κ1) is 13.0. The van der Waals surface area contributed by atoms with E-state index in [9.17, 15) is 13.6 Å². The first-order valence-corrected chi connectivity index (χ1v) is 5.99. The number of halogens is 2. The highest BCUT2D eigenvalue weighted by Crippen LogP contribution is 2.18. The van der Waals surface area contributed by atoms with Crippen molar-refractivity contribution in [2.45, 2.75) is 19.4 Å². The van der Waals surface area contributed by atoms with Crippen LogP contribution < -0.4 is 5.73 Å². The van der Waals surface area contributed by atoms with Gasteiger partial charge >= 0.3 is 0 Å². The molecule has 1 saturated heterocycles. The van der Waals surface area contributed by atoms with E-state index in [1.54, 1.807) is 4.90 Å². The third-order valence-corrected chi connectivity index (χ3v) is 3.47. The molecule has 0 saturated carbocycles. The van der Waals surface area contributed by atoms with Gasteiger partial charge in [0.05, 0.1) is 0 Å². The first-order valence-electron chi connectivity index (χ1n) is 5.99. The molecule has 0 aliphatic carbocycles. The van der Waals surface area contributed by atoms with Gasteiger partial charge in [-0.25, -0.2) is 8.78 Å². The highest BCUT2D eigenvalue weighted by atomic mass is 19.2. The molecule has 5 heteroatoms. The zero-order valence-corrected chi connectivity index (χ0v) is 10.2. The van der Waals surface area contributed by atoms with E-state index in [-0.39, 0.29) is 17.5 Å². The van der Waals surface area contributed by atoms with Gasteiger partial charge in [0.2, 0.25) is 0 Å². The summed E-state index contributed by atoms with van der Waals surface area (Å²) in [5, 5.41) is 0. The number of benzene rings is 1. The van der Waals surface area contributed by atoms with Crippen molar-refractivity contribution in [2.75, 3.05) is 13.1 Å². The van der Waals surface area contributed by atoms with Crippen LogP contribution in [0, 0.1) is 17.6 Å². The molecule has 1 heterocycles. The predicted molar refractivity (Wildman–Crippen MR) is 64.0 cm³/mol. The third-order valence-electron chi connectivity index (χ3n) is 3.47. The molecule has 1 aromatic rings. The Kier molecular flexibility index (Phi) is 3.61. The number of rotatable bonds is 1. The monoisotopic (exact) mass is 254 g/mol. The maximum Gasteiger partial charge on any atom is 0.254 e. The summed E-state index contributed by atoms with van der Waals surface area (Å²) in [6.07, 6.45) is 0.830. The smallest absolute Gasteiger partial charge is 0.254 e. The summed E-state index contributed by atoms with van der Waals surface area (Å²) in [5.74, 6) is -1.87. The fourth-order valence-corrected chi connectivity index (χ4v) is 2.10. The van der Waals surface area contributed by atoms with Crippen LogP contribution in [0.2, 0.25) is 0 Å². The number of carbonyl (C=O) groups is 1. The molecule has 98 valence electrons. The van der Waals surface area contributed by atoms with Crippen molar-refractivity contribution >= 4 is 5.91 Å². The van der Waals surface area contributed by atoms with Crippen LogP contribution in [0.25, 0.3) is 0 Å². The Labute approximate surface area is 105 Å². The Morgan fingerprint density at radius 1 is 1.39 bits per heavy atom. The SMILES string of the molecule is CC1CCN(C(=O)c2ccc(F)c(F)c2)CC1N. The van der Waals surface area contributed by atoms with Gasteiger partial charge in [-0.2, -0.15) is 0 Å². The van der Waals surface area contributed by atoms with Crippen LogP contribution in [0.5, 0.6) is 0 Å². The molecule has 1 amide bonds. The van der Waals surface area contributed by atoms with Gasteiger partial charge in [0.15, 0.2) is 11.6 Å². The van der Waals surface area contributed by atoms with Gasteiger partial charge in [-0.1, -0.05) is 6.92 Å². The van der Waals surface area contributed by atoms with Gasteiger partial charge < -0.3 is 10.6 Å². The second-order valence-electron chi connectivity index (χ2n) is 4.81. The van der Waals surface area contributed by atoms with Gasteiger partial charge in [-0.15, -0.1) is 0 Å². The molecule has 1 fully saturated rings. The van der Waals surface area contributed by atoms with Crippen LogP contribution in [0.3, 0.4) is 0 Å². The fourth-order valence-electron chi connectivity index (χ4n) is 2.10. The molecule has 0 aromatic heterocycles. The summed E-state index contributed by atoms with van der Waals surface area (Å²) in [6, 6.07) is 3.13. The number of carbonyl (C=O) groups excluding carboxylic acids is 1. The molecule has 0 spiro atoms. The Balaban J connectivity index is 2.14. The number of nitrogens with two attached hydrogens (primary N) is 1. The first-order chi connectivity index (χ1) is 8.49. The van der Waals surface area contributed by atoms with E-state index in [1.807, 2.05) is 6.92 Å². The normalized spacial score (nSPS) is 24.1. The van der Waals surface area contributed by atoms with Crippen LogP contribution in [0.15, 0.2) is 18.2 Å². The average molecular weight is 254 g/mol. The van der Waals surface area contributed by atoms with E-state index < -0.39 is 11.6 Å².